The lowest BCUT2D eigenvalue weighted by atomic mass is 9.49. The van der Waals surface area contributed by atoms with Crippen LogP contribution in [0.4, 0.5) is 17.1 Å². The highest BCUT2D eigenvalue weighted by Crippen LogP contribution is 2.64. The average molecular weight is 768 g/mol. The number of carbonyl (C=O) groups excluding carboxylic acids is 4. The molecule has 12 nitrogen and oxygen atoms in total. The van der Waals surface area contributed by atoms with Crippen LogP contribution >= 0.6 is 23.2 Å². The Bertz CT molecular complexity index is 2310. The first-order valence-electron chi connectivity index (χ1n) is 17.2. The molecule has 0 bridgehead atoms. The van der Waals surface area contributed by atoms with Crippen molar-refractivity contribution in [2.45, 2.75) is 31.1 Å². The number of fused-ring (bicyclic) bond motifs is 4. The van der Waals surface area contributed by atoms with Crippen LogP contribution in [0.5, 0.6) is 11.5 Å². The van der Waals surface area contributed by atoms with E-state index >= 15 is 4.79 Å². The maximum atomic E-state index is 15.4. The maximum Gasteiger partial charge on any atom is 0.269 e. The van der Waals surface area contributed by atoms with Gasteiger partial charge in [0.15, 0.2) is 0 Å². The van der Waals surface area contributed by atoms with Crippen LogP contribution in [0.2, 0.25) is 10.0 Å². The molecule has 4 aliphatic rings. The van der Waals surface area contributed by atoms with Crippen LogP contribution in [0, 0.1) is 40.7 Å². The van der Waals surface area contributed by atoms with Gasteiger partial charge in [-0.2, -0.15) is 5.01 Å². The van der Waals surface area contributed by atoms with Crippen LogP contribution in [0.25, 0.3) is 0 Å². The summed E-state index contributed by atoms with van der Waals surface area (Å²) in [7, 11) is 1.53. The highest BCUT2D eigenvalue weighted by atomic mass is 35.5. The quantitative estimate of drug-likeness (QED) is 0.0865. The number of hydrogen-bond acceptors (Lipinski definition) is 9. The molecule has 0 spiro atoms. The highest BCUT2D eigenvalue weighted by molar-refractivity contribution is 6.36. The Morgan fingerprint density at radius 2 is 1.63 bits per heavy atom. The second-order valence-electron chi connectivity index (χ2n) is 14.0. The number of phenolic OH excluding ortho intramolecular Hbond substituents is 1. The Labute approximate surface area is 319 Å². The summed E-state index contributed by atoms with van der Waals surface area (Å²) in [6.07, 6.45) is 2.16. The van der Waals surface area contributed by atoms with Gasteiger partial charge in [-0.1, -0.05) is 59.1 Å². The summed E-state index contributed by atoms with van der Waals surface area (Å²) in [6.45, 7) is 1.74. The fraction of sp³-hybridized carbons (Fsp3) is 0.250. The summed E-state index contributed by atoms with van der Waals surface area (Å²) in [6, 6.07) is 21.9. The van der Waals surface area contributed by atoms with E-state index in [0.29, 0.717) is 27.5 Å². The molecule has 54 heavy (non-hydrogen) atoms. The number of phenols is 1. The summed E-state index contributed by atoms with van der Waals surface area (Å²) in [5.74, 6) is -5.57. The van der Waals surface area contributed by atoms with E-state index in [9.17, 15) is 29.6 Å². The molecule has 2 saturated heterocycles. The number of nitrogens with one attached hydrogen (secondary N) is 1. The Hall–Kier alpha value is -5.72. The van der Waals surface area contributed by atoms with Gasteiger partial charge in [0.2, 0.25) is 11.8 Å². The molecule has 274 valence electrons. The van der Waals surface area contributed by atoms with Crippen molar-refractivity contribution < 1.29 is 33.9 Å². The van der Waals surface area contributed by atoms with E-state index in [1.165, 1.54) is 37.4 Å². The lowest BCUT2D eigenvalue weighted by molar-refractivity contribution is -0.384. The minimum Gasteiger partial charge on any atom is -0.508 e. The number of aryl methyl sites for hydroxylation is 1. The first-order valence-corrected chi connectivity index (χ1v) is 18.0. The number of amides is 4. The second kappa shape index (κ2) is 13.0. The van der Waals surface area contributed by atoms with Crippen molar-refractivity contribution in [3.8, 4) is 11.5 Å². The van der Waals surface area contributed by atoms with Crippen LogP contribution in [0.15, 0.2) is 96.6 Å². The summed E-state index contributed by atoms with van der Waals surface area (Å²) in [5.41, 5.74) is 4.16. The van der Waals surface area contributed by atoms with E-state index in [2.05, 4.69) is 5.43 Å². The number of halogens is 2. The zero-order chi connectivity index (χ0) is 38.2. The molecule has 4 aromatic carbocycles. The molecule has 6 unspecified atom stereocenters. The molecule has 4 amide bonds. The minimum atomic E-state index is -1.56. The number of hydrogen-bond donors (Lipinski definition) is 2. The number of methoxy groups -OCH3 is 1. The van der Waals surface area contributed by atoms with Gasteiger partial charge in [0.05, 0.1) is 51.6 Å². The standard InChI is InChI=1S/C40H32Cl2N4O8/c1-20-17-21(3-16-33(20)47)35-27-13-14-28-34(38(50)44(36(28)48)24-7-9-25(10-8-24)46(52)53)29(27)19-30-37(49)45(43-32-15-6-23(41)18-31(32)42)39(51)40(30,35)22-4-11-26(54-2)12-5-22/h3-13,15-18,28-30,34-35,43,47H,14,19H2,1-2H3. The lowest BCUT2D eigenvalue weighted by Crippen LogP contribution is -2.53. The van der Waals surface area contributed by atoms with Crippen molar-refractivity contribution in [2.24, 2.45) is 23.7 Å². The monoisotopic (exact) mass is 766 g/mol. The number of carbonyl (C=O) groups is 4. The first kappa shape index (κ1) is 35.3. The highest BCUT2D eigenvalue weighted by Gasteiger charge is 2.70. The van der Waals surface area contributed by atoms with Gasteiger partial charge in [-0.25, -0.2) is 0 Å². The van der Waals surface area contributed by atoms with Gasteiger partial charge in [0, 0.05) is 23.1 Å². The molecule has 6 atom stereocenters. The molecule has 2 heterocycles. The van der Waals surface area contributed by atoms with Crippen LogP contribution in [0.3, 0.4) is 0 Å². The Balaban J connectivity index is 1.31. The van der Waals surface area contributed by atoms with E-state index < -0.39 is 63.6 Å². The largest absolute Gasteiger partial charge is 0.508 e. The van der Waals surface area contributed by atoms with Gasteiger partial charge in [-0.15, -0.1) is 0 Å². The number of allylic oxidation sites excluding steroid dienone is 2. The average Bonchev–Trinajstić information content (AvgIpc) is 3.54. The zero-order valence-electron chi connectivity index (χ0n) is 28.9. The number of benzene rings is 4. The van der Waals surface area contributed by atoms with Crippen molar-refractivity contribution in [2.75, 3.05) is 17.4 Å². The maximum absolute atomic E-state index is 15.4. The minimum absolute atomic E-state index is 0.0450. The van der Waals surface area contributed by atoms with Crippen molar-refractivity contribution in [1.82, 2.24) is 5.01 Å². The normalized spacial score (nSPS) is 25.9. The molecule has 14 heteroatoms. The predicted octanol–water partition coefficient (Wildman–Crippen LogP) is 7.11. The SMILES string of the molecule is COc1ccc(C23C(=O)N(Nc4ccc(Cl)cc4Cl)C(=O)C2CC2C(=CCC4C(=O)N(c5ccc([N+](=O)[O-])cc5)C(=O)C42)C3c2ccc(O)c(C)c2)cc1. The van der Waals surface area contributed by atoms with Crippen LogP contribution in [0.1, 0.15) is 35.4 Å². The van der Waals surface area contributed by atoms with Crippen molar-refractivity contribution in [3.05, 3.63) is 133 Å². The van der Waals surface area contributed by atoms with Gasteiger partial charge in [-0.05, 0) is 90.9 Å². The smallest absolute Gasteiger partial charge is 0.269 e. The third-order valence-corrected chi connectivity index (χ3v) is 12.0. The molecule has 1 saturated carbocycles. The topological polar surface area (TPSA) is 159 Å². The number of imide groups is 2. The van der Waals surface area contributed by atoms with E-state index in [0.717, 1.165) is 15.5 Å². The van der Waals surface area contributed by atoms with Gasteiger partial charge in [0.25, 0.3) is 17.5 Å². The first-order chi connectivity index (χ1) is 25.9. The number of nitrogens with zero attached hydrogens (tertiary/aromatic N) is 3. The molecule has 0 aromatic heterocycles. The van der Waals surface area contributed by atoms with Gasteiger partial charge < -0.3 is 9.84 Å². The molecular formula is C40H32Cl2N4O8. The second-order valence-corrected chi connectivity index (χ2v) is 14.9. The summed E-state index contributed by atoms with van der Waals surface area (Å²) in [4.78, 5) is 70.6. The number of hydrazine groups is 1. The molecule has 2 aliphatic carbocycles. The Morgan fingerprint density at radius 3 is 2.28 bits per heavy atom. The van der Waals surface area contributed by atoms with Crippen molar-refractivity contribution in [1.29, 1.82) is 0 Å². The fourth-order valence-electron chi connectivity index (χ4n) is 9.05. The molecule has 8 rings (SSSR count). The number of nitro benzene ring substituents is 1. The molecular weight excluding hydrogens is 735 g/mol. The Kier molecular flexibility index (Phi) is 8.50. The molecule has 3 fully saturated rings. The Morgan fingerprint density at radius 1 is 0.907 bits per heavy atom. The van der Waals surface area contributed by atoms with Gasteiger partial charge in [0.1, 0.15) is 11.5 Å². The zero-order valence-corrected chi connectivity index (χ0v) is 30.4. The van der Waals surface area contributed by atoms with Crippen LogP contribution < -0.4 is 15.1 Å². The van der Waals surface area contributed by atoms with Crippen LogP contribution in [-0.2, 0) is 24.6 Å². The lowest BCUT2D eigenvalue weighted by Gasteiger charge is -2.50. The third kappa shape index (κ3) is 5.18. The summed E-state index contributed by atoms with van der Waals surface area (Å²) >= 11 is 12.7. The number of nitro groups is 1. The summed E-state index contributed by atoms with van der Waals surface area (Å²) in [5, 5.41) is 23.5. The van der Waals surface area contributed by atoms with Gasteiger partial charge in [-0.3, -0.25) is 39.6 Å². The van der Waals surface area contributed by atoms with Crippen molar-refractivity contribution in [3.63, 3.8) is 0 Å². The number of rotatable bonds is 7. The van der Waals surface area contributed by atoms with E-state index in [1.807, 2.05) is 6.08 Å². The molecule has 2 aliphatic heterocycles. The number of non-ortho nitro benzene ring substituents is 1. The number of ether oxygens (including phenoxy) is 1. The predicted molar refractivity (Wildman–Crippen MR) is 199 cm³/mol. The molecule has 4 aromatic rings. The summed E-state index contributed by atoms with van der Waals surface area (Å²) < 4.78 is 5.45. The van der Waals surface area contributed by atoms with Gasteiger partial charge >= 0.3 is 0 Å². The van der Waals surface area contributed by atoms with Crippen LogP contribution in [-0.4, -0.2) is 45.8 Å². The van der Waals surface area contributed by atoms with E-state index in [-0.39, 0.29) is 40.7 Å². The fourth-order valence-corrected chi connectivity index (χ4v) is 9.51. The molecule has 0 radical (unpaired) electrons. The number of anilines is 2. The van der Waals surface area contributed by atoms with E-state index in [4.69, 9.17) is 27.9 Å². The number of aromatic hydroxyl groups is 1. The molecule has 2 N–H and O–H groups in total. The van der Waals surface area contributed by atoms with Crippen molar-refractivity contribution >= 4 is 63.9 Å². The van der Waals surface area contributed by atoms with E-state index in [1.54, 1.807) is 61.5 Å². The third-order valence-electron chi connectivity index (χ3n) is 11.5.